The van der Waals surface area contributed by atoms with E-state index in [1.54, 1.807) is 6.07 Å². The maximum atomic E-state index is 12.6. The third-order valence-corrected chi connectivity index (χ3v) is 13.3. The standard InChI is InChI=1S/C33H38N4O6Si/c1-20-16-24-25(17-21(20)2)37(30-28(34-24)31(41)36-32(42)35-30)18-26(38)29(40)27(39)19-43-44(33(3,4)5,22-12-8-6-9-13-22)23-14-10-7-11-15-23/h6-17,26-27,29,38-40H,18-19H2,1-5H3,(H,36,41,42)/t26-,27+,29-/m0/s1. The van der Waals surface area contributed by atoms with E-state index in [0.29, 0.717) is 11.0 Å². The van der Waals surface area contributed by atoms with Gasteiger partial charge in [0.25, 0.3) is 13.9 Å². The van der Waals surface area contributed by atoms with Gasteiger partial charge in [-0.25, -0.2) is 9.78 Å². The fourth-order valence-electron chi connectivity index (χ4n) is 5.86. The summed E-state index contributed by atoms with van der Waals surface area (Å²) in [7, 11) is -3.01. The minimum Gasteiger partial charge on any atom is -0.405 e. The number of rotatable bonds is 9. The smallest absolute Gasteiger partial charge is 0.349 e. The quantitative estimate of drug-likeness (QED) is 0.145. The van der Waals surface area contributed by atoms with Gasteiger partial charge >= 0.3 is 5.69 Å². The van der Waals surface area contributed by atoms with Crippen molar-refractivity contribution >= 4 is 29.7 Å². The van der Waals surface area contributed by atoms with Crippen molar-refractivity contribution in [2.45, 2.75) is 64.5 Å². The molecule has 3 aromatic rings. The van der Waals surface area contributed by atoms with Gasteiger partial charge < -0.3 is 24.3 Å². The highest BCUT2D eigenvalue weighted by molar-refractivity contribution is 6.99. The Hall–Kier alpha value is -4.00. The van der Waals surface area contributed by atoms with Crippen LogP contribution < -0.4 is 21.6 Å². The number of benzene rings is 3. The van der Waals surface area contributed by atoms with Crippen molar-refractivity contribution in [2.75, 3.05) is 6.61 Å². The third-order valence-electron chi connectivity index (χ3n) is 8.27. The van der Waals surface area contributed by atoms with Crippen molar-refractivity contribution in [2.24, 2.45) is 0 Å². The zero-order valence-electron chi connectivity index (χ0n) is 25.5. The van der Waals surface area contributed by atoms with Crippen molar-refractivity contribution in [3.63, 3.8) is 0 Å². The van der Waals surface area contributed by atoms with Crippen LogP contribution in [0.5, 0.6) is 0 Å². The lowest BCUT2D eigenvalue weighted by Gasteiger charge is -2.43. The summed E-state index contributed by atoms with van der Waals surface area (Å²) in [4.78, 5) is 35.3. The van der Waals surface area contributed by atoms with Crippen molar-refractivity contribution in [1.82, 2.24) is 19.5 Å². The molecule has 4 N–H and O–H groups in total. The molecule has 0 aliphatic carbocycles. The van der Waals surface area contributed by atoms with Gasteiger partial charge in [-0.1, -0.05) is 81.4 Å². The van der Waals surface area contributed by atoms with E-state index in [1.165, 1.54) is 4.57 Å². The first-order chi connectivity index (χ1) is 20.8. The highest BCUT2D eigenvalue weighted by Crippen LogP contribution is 2.37. The van der Waals surface area contributed by atoms with E-state index in [0.717, 1.165) is 21.5 Å². The molecule has 0 saturated carbocycles. The van der Waals surface area contributed by atoms with Gasteiger partial charge in [-0.15, -0.1) is 0 Å². The van der Waals surface area contributed by atoms with E-state index >= 15 is 0 Å². The van der Waals surface area contributed by atoms with Gasteiger partial charge in [0.1, 0.15) is 18.3 Å². The molecule has 0 radical (unpaired) electrons. The molecular formula is C33H38N4O6Si. The average molecular weight is 615 g/mol. The number of nitrogens with one attached hydrogen (secondary N) is 1. The van der Waals surface area contributed by atoms with Crippen molar-refractivity contribution in [1.29, 1.82) is 0 Å². The van der Waals surface area contributed by atoms with Gasteiger partial charge in [0, 0.05) is 0 Å². The summed E-state index contributed by atoms with van der Waals surface area (Å²) in [6.45, 7) is 9.63. The van der Waals surface area contributed by atoms with E-state index in [-0.39, 0.29) is 29.7 Å². The Balaban J connectivity index is 1.48. The molecule has 2 aliphatic heterocycles. The molecule has 0 amide bonds. The fourth-order valence-corrected chi connectivity index (χ4v) is 10.4. The molecule has 2 heterocycles. The van der Waals surface area contributed by atoms with Crippen LogP contribution in [-0.4, -0.2) is 68.1 Å². The molecule has 0 unspecified atom stereocenters. The Morgan fingerprint density at radius 3 is 2.00 bits per heavy atom. The van der Waals surface area contributed by atoms with Crippen LogP contribution in [0.1, 0.15) is 31.9 Å². The number of aromatic amines is 1. The molecule has 5 rings (SSSR count). The molecule has 0 bridgehead atoms. The second kappa shape index (κ2) is 12.2. The van der Waals surface area contributed by atoms with E-state index in [4.69, 9.17) is 4.43 Å². The summed E-state index contributed by atoms with van der Waals surface area (Å²) in [5, 5.41) is 35.4. The Morgan fingerprint density at radius 2 is 1.43 bits per heavy atom. The molecule has 0 aromatic heterocycles. The molecule has 44 heavy (non-hydrogen) atoms. The van der Waals surface area contributed by atoms with E-state index in [1.807, 2.05) is 80.6 Å². The number of hydrogen-bond acceptors (Lipinski definition) is 8. The Kier molecular flexibility index (Phi) is 8.70. The first-order valence-electron chi connectivity index (χ1n) is 14.5. The largest absolute Gasteiger partial charge is 0.405 e. The number of aryl methyl sites for hydroxylation is 2. The first kappa shape index (κ1) is 31.4. The molecule has 3 atom stereocenters. The molecule has 0 saturated heterocycles. The van der Waals surface area contributed by atoms with Crippen LogP contribution in [0.4, 0.5) is 0 Å². The number of fused-ring (bicyclic) bond motifs is 2. The summed E-state index contributed by atoms with van der Waals surface area (Å²) >= 11 is 0. The van der Waals surface area contributed by atoms with Gasteiger partial charge in [0.15, 0.2) is 11.5 Å². The number of H-pyrrole nitrogens is 1. The average Bonchev–Trinajstić information content (AvgIpc) is 2.98. The lowest BCUT2D eigenvalue weighted by Crippen LogP contribution is -2.67. The van der Waals surface area contributed by atoms with Crippen LogP contribution in [0.25, 0.3) is 22.6 Å². The molecule has 230 valence electrons. The van der Waals surface area contributed by atoms with Gasteiger partial charge in [-0.05, 0) is 52.5 Å². The van der Waals surface area contributed by atoms with Crippen LogP contribution in [0.3, 0.4) is 0 Å². The maximum Gasteiger partial charge on any atom is 0.349 e. The Labute approximate surface area is 256 Å². The summed E-state index contributed by atoms with van der Waals surface area (Å²) in [6, 6.07) is 23.5. The summed E-state index contributed by atoms with van der Waals surface area (Å²) in [5.41, 5.74) is 1.21. The van der Waals surface area contributed by atoms with Crippen molar-refractivity contribution < 1.29 is 19.7 Å². The van der Waals surface area contributed by atoms with E-state index in [9.17, 15) is 24.9 Å². The zero-order valence-corrected chi connectivity index (χ0v) is 26.5. The normalized spacial score (nSPS) is 14.5. The predicted molar refractivity (Wildman–Crippen MR) is 172 cm³/mol. The monoisotopic (exact) mass is 614 g/mol. The maximum absolute atomic E-state index is 12.6. The summed E-state index contributed by atoms with van der Waals surface area (Å²) in [6.07, 6.45) is -4.59. The molecule has 2 aliphatic rings. The molecule has 0 spiro atoms. The molecular weight excluding hydrogens is 576 g/mol. The second-order valence-corrected chi connectivity index (χ2v) is 16.6. The number of aromatic nitrogens is 4. The zero-order chi connectivity index (χ0) is 31.8. The highest BCUT2D eigenvalue weighted by atomic mass is 28.4. The second-order valence-electron chi connectivity index (χ2n) is 12.3. The van der Waals surface area contributed by atoms with Gasteiger partial charge in [-0.3, -0.25) is 9.78 Å². The predicted octanol–water partition coefficient (Wildman–Crippen LogP) is 1.86. The van der Waals surface area contributed by atoms with Crippen LogP contribution >= 0.6 is 0 Å². The third kappa shape index (κ3) is 5.76. The molecule has 3 aromatic carbocycles. The number of hydrogen-bond donors (Lipinski definition) is 4. The first-order valence-corrected chi connectivity index (χ1v) is 16.5. The number of aliphatic hydroxyl groups excluding tert-OH is 3. The van der Waals surface area contributed by atoms with Crippen LogP contribution in [0.2, 0.25) is 5.04 Å². The Morgan fingerprint density at radius 1 is 0.864 bits per heavy atom. The lowest BCUT2D eigenvalue weighted by molar-refractivity contribution is -0.0780. The van der Waals surface area contributed by atoms with E-state index < -0.39 is 37.9 Å². The molecule has 10 nitrogen and oxygen atoms in total. The van der Waals surface area contributed by atoms with E-state index in [2.05, 4.69) is 35.7 Å². The lowest BCUT2D eigenvalue weighted by atomic mass is 10.1. The number of nitrogens with zero attached hydrogens (tertiary/aromatic N) is 3. The molecule has 0 fully saturated rings. The summed E-state index contributed by atoms with van der Waals surface area (Å²) in [5.74, 6) is -0.0289. The van der Waals surface area contributed by atoms with Gasteiger partial charge in [0.2, 0.25) is 0 Å². The minimum atomic E-state index is -3.01. The van der Waals surface area contributed by atoms with Crippen LogP contribution in [0.15, 0.2) is 82.4 Å². The molecule has 11 heteroatoms. The van der Waals surface area contributed by atoms with Crippen LogP contribution in [-0.2, 0) is 11.0 Å². The van der Waals surface area contributed by atoms with Gasteiger partial charge in [-0.2, -0.15) is 4.98 Å². The number of aliphatic hydroxyl groups is 3. The topological polar surface area (TPSA) is 151 Å². The fraction of sp³-hybridized carbons (Fsp3) is 0.333. The van der Waals surface area contributed by atoms with Gasteiger partial charge in [0.05, 0.1) is 24.2 Å². The Bertz CT molecular complexity index is 1810. The minimum absolute atomic E-state index is 0.0289. The van der Waals surface area contributed by atoms with Crippen molar-refractivity contribution in [3.8, 4) is 11.5 Å². The SMILES string of the molecule is Cc1cc2nc3c(=O)[nH]c(=O)nc-3n(C[C@H](O)[C@H](O)[C@H](O)CO[Si](c3ccccc3)(c3ccccc3)C(C)(C)C)c2cc1C. The van der Waals surface area contributed by atoms with Crippen LogP contribution in [0, 0.1) is 13.8 Å². The highest BCUT2D eigenvalue weighted by Gasteiger charge is 2.50. The summed E-state index contributed by atoms with van der Waals surface area (Å²) < 4.78 is 8.24. The van der Waals surface area contributed by atoms with Crippen molar-refractivity contribution in [3.05, 3.63) is 105 Å².